The Hall–Kier alpha value is -4.12. The van der Waals surface area contributed by atoms with Gasteiger partial charge >= 0.3 is 0 Å². The van der Waals surface area contributed by atoms with Crippen LogP contribution in [0.2, 0.25) is 0 Å². The highest BCUT2D eigenvalue weighted by molar-refractivity contribution is 6.02. The van der Waals surface area contributed by atoms with Crippen LogP contribution in [0.5, 0.6) is 0 Å². The van der Waals surface area contributed by atoms with E-state index in [0.29, 0.717) is 5.56 Å². The minimum atomic E-state index is -0.301. The van der Waals surface area contributed by atoms with Crippen LogP contribution < -0.4 is 4.90 Å². The van der Waals surface area contributed by atoms with Gasteiger partial charge in [-0.15, -0.1) is 0 Å². The lowest BCUT2D eigenvalue weighted by Crippen LogP contribution is -2.48. The summed E-state index contributed by atoms with van der Waals surface area (Å²) in [6, 6.07) is 27.6. The Morgan fingerprint density at radius 1 is 0.892 bits per heavy atom. The van der Waals surface area contributed by atoms with Gasteiger partial charge in [-0.2, -0.15) is 0 Å². The third kappa shape index (κ3) is 4.57. The van der Waals surface area contributed by atoms with Crippen molar-refractivity contribution < 1.29 is 9.59 Å². The minimum absolute atomic E-state index is 0.0105. The second kappa shape index (κ2) is 10.1. The highest BCUT2D eigenvalue weighted by Gasteiger charge is 2.37. The zero-order valence-corrected chi connectivity index (χ0v) is 21.9. The van der Waals surface area contributed by atoms with E-state index in [1.54, 1.807) is 4.90 Å². The molecule has 0 saturated heterocycles. The highest BCUT2D eigenvalue weighted by atomic mass is 16.2. The monoisotopic (exact) mass is 491 g/mol. The van der Waals surface area contributed by atoms with Crippen LogP contribution in [-0.4, -0.2) is 33.9 Å². The maximum absolute atomic E-state index is 14.2. The number of benzene rings is 3. The number of hydrogen-bond acceptors (Lipinski definition) is 2. The number of aromatic nitrogens is 1. The second-order valence-electron chi connectivity index (χ2n) is 9.95. The van der Waals surface area contributed by atoms with Gasteiger partial charge in [-0.25, -0.2) is 0 Å². The first-order valence-corrected chi connectivity index (χ1v) is 12.9. The predicted octanol–water partition coefficient (Wildman–Crippen LogP) is 6.33. The molecule has 1 aromatic heterocycles. The SMILES string of the molecule is CCc1ccc(C(=O)N(CC(=O)N2c3ccccc3-n3cccc3C2c2cccc(C)c2)C(C)C)cc1. The topological polar surface area (TPSA) is 45.6 Å². The number of anilines is 1. The van der Waals surface area contributed by atoms with E-state index in [9.17, 15) is 9.59 Å². The summed E-state index contributed by atoms with van der Waals surface area (Å²) in [7, 11) is 0. The van der Waals surface area contributed by atoms with Crippen molar-refractivity contribution in [3.63, 3.8) is 0 Å². The zero-order valence-electron chi connectivity index (χ0n) is 21.9. The number of fused-ring (bicyclic) bond motifs is 3. The maximum atomic E-state index is 14.2. The van der Waals surface area contributed by atoms with Crippen LogP contribution in [0.1, 0.15) is 59.6 Å². The molecule has 2 heterocycles. The maximum Gasteiger partial charge on any atom is 0.254 e. The fourth-order valence-corrected chi connectivity index (χ4v) is 5.18. The highest BCUT2D eigenvalue weighted by Crippen LogP contribution is 2.42. The van der Waals surface area contributed by atoms with Crippen LogP contribution in [0.15, 0.2) is 91.1 Å². The van der Waals surface area contributed by atoms with Gasteiger partial charge in [0.15, 0.2) is 0 Å². The van der Waals surface area contributed by atoms with E-state index in [1.807, 2.05) is 85.6 Å². The Morgan fingerprint density at radius 3 is 2.30 bits per heavy atom. The fraction of sp³-hybridized carbons (Fsp3) is 0.250. The third-order valence-corrected chi connectivity index (χ3v) is 7.14. The number of aryl methyl sites for hydroxylation is 2. The van der Waals surface area contributed by atoms with Crippen molar-refractivity contribution >= 4 is 17.5 Å². The smallest absolute Gasteiger partial charge is 0.254 e. The van der Waals surface area contributed by atoms with Crippen LogP contribution in [0, 0.1) is 6.92 Å². The van der Waals surface area contributed by atoms with Crippen molar-refractivity contribution in [2.24, 2.45) is 0 Å². The standard InChI is InChI=1S/C32H33N3O2/c1-5-24-15-17-25(18-16-24)32(37)34(22(2)3)21-30(36)35-28-13-7-6-12-27(28)33-19-9-14-29(33)31(35)26-11-8-10-23(4)20-26/h6-20,22,31H,5,21H2,1-4H3. The van der Waals surface area contributed by atoms with Crippen molar-refractivity contribution in [1.82, 2.24) is 9.47 Å². The molecule has 0 fully saturated rings. The molecular formula is C32H33N3O2. The quantitative estimate of drug-likeness (QED) is 0.316. The lowest BCUT2D eigenvalue weighted by molar-refractivity contribution is -0.120. The molecule has 0 bridgehead atoms. The molecule has 0 N–H and O–H groups in total. The van der Waals surface area contributed by atoms with Gasteiger partial charge in [0.05, 0.1) is 17.1 Å². The van der Waals surface area contributed by atoms with Crippen LogP contribution in [-0.2, 0) is 11.2 Å². The fourth-order valence-electron chi connectivity index (χ4n) is 5.18. The predicted molar refractivity (Wildman–Crippen MR) is 148 cm³/mol. The van der Waals surface area contributed by atoms with Gasteiger partial charge in [0.2, 0.25) is 5.91 Å². The lowest BCUT2D eigenvalue weighted by Gasteiger charge is -2.40. The molecule has 2 amide bonds. The Balaban J connectivity index is 1.55. The van der Waals surface area contributed by atoms with Gasteiger partial charge in [-0.05, 0) is 74.7 Å². The minimum Gasteiger partial charge on any atom is -0.327 e. The zero-order chi connectivity index (χ0) is 26.1. The van der Waals surface area contributed by atoms with Crippen molar-refractivity contribution in [2.75, 3.05) is 11.4 Å². The summed E-state index contributed by atoms with van der Waals surface area (Å²) in [5.74, 6) is -0.245. The average Bonchev–Trinajstić information content (AvgIpc) is 3.40. The first kappa shape index (κ1) is 24.6. The van der Waals surface area contributed by atoms with Gasteiger partial charge < -0.3 is 9.47 Å². The van der Waals surface area contributed by atoms with E-state index in [-0.39, 0.29) is 30.4 Å². The van der Waals surface area contributed by atoms with E-state index in [1.165, 1.54) is 5.56 Å². The summed E-state index contributed by atoms with van der Waals surface area (Å²) in [4.78, 5) is 31.3. The van der Waals surface area contributed by atoms with Gasteiger partial charge in [0.25, 0.3) is 5.91 Å². The summed E-state index contributed by atoms with van der Waals surface area (Å²) in [5, 5.41) is 0. The molecule has 1 atom stereocenters. The van der Waals surface area contributed by atoms with E-state index in [2.05, 4.69) is 42.7 Å². The number of rotatable bonds is 6. The number of nitrogens with zero attached hydrogens (tertiary/aromatic N) is 3. The summed E-state index contributed by atoms with van der Waals surface area (Å²) in [6.07, 6.45) is 2.96. The summed E-state index contributed by atoms with van der Waals surface area (Å²) >= 11 is 0. The molecule has 1 aliphatic heterocycles. The second-order valence-corrected chi connectivity index (χ2v) is 9.95. The van der Waals surface area contributed by atoms with Gasteiger partial charge in [-0.1, -0.05) is 61.0 Å². The molecule has 0 saturated carbocycles. The Kier molecular flexibility index (Phi) is 6.70. The van der Waals surface area contributed by atoms with Crippen LogP contribution >= 0.6 is 0 Å². The van der Waals surface area contributed by atoms with Crippen LogP contribution in [0.4, 0.5) is 5.69 Å². The van der Waals surface area contributed by atoms with Crippen LogP contribution in [0.25, 0.3) is 5.69 Å². The Labute approximate surface area is 219 Å². The molecule has 5 rings (SSSR count). The molecule has 3 aromatic carbocycles. The van der Waals surface area contributed by atoms with E-state index in [0.717, 1.165) is 34.6 Å². The molecule has 0 radical (unpaired) electrons. The largest absolute Gasteiger partial charge is 0.327 e. The lowest BCUT2D eigenvalue weighted by atomic mass is 9.96. The number of carbonyl (C=O) groups is 2. The molecule has 188 valence electrons. The first-order chi connectivity index (χ1) is 17.9. The van der Waals surface area contributed by atoms with Crippen molar-refractivity contribution in [3.8, 4) is 5.69 Å². The number of para-hydroxylation sites is 2. The Bertz CT molecular complexity index is 1430. The van der Waals surface area contributed by atoms with Gasteiger partial charge in [0.1, 0.15) is 12.6 Å². The number of carbonyl (C=O) groups excluding carboxylic acids is 2. The average molecular weight is 492 g/mol. The van der Waals surface area contributed by atoms with E-state index < -0.39 is 0 Å². The molecule has 5 nitrogen and oxygen atoms in total. The molecule has 1 unspecified atom stereocenters. The Morgan fingerprint density at radius 2 is 1.62 bits per heavy atom. The van der Waals surface area contributed by atoms with Crippen LogP contribution in [0.3, 0.4) is 0 Å². The summed E-state index contributed by atoms with van der Waals surface area (Å²) < 4.78 is 2.16. The van der Waals surface area contributed by atoms with Gasteiger partial charge in [-0.3, -0.25) is 14.5 Å². The molecule has 1 aliphatic rings. The summed E-state index contributed by atoms with van der Waals surface area (Å²) in [6.45, 7) is 8.06. The molecule has 4 aromatic rings. The number of amides is 2. The van der Waals surface area contributed by atoms with E-state index in [4.69, 9.17) is 0 Å². The van der Waals surface area contributed by atoms with Crippen molar-refractivity contribution in [2.45, 2.75) is 46.2 Å². The molecule has 37 heavy (non-hydrogen) atoms. The van der Waals surface area contributed by atoms with Gasteiger partial charge in [0, 0.05) is 17.8 Å². The van der Waals surface area contributed by atoms with Crippen molar-refractivity contribution in [1.29, 1.82) is 0 Å². The third-order valence-electron chi connectivity index (χ3n) is 7.14. The molecule has 0 spiro atoms. The first-order valence-electron chi connectivity index (χ1n) is 12.9. The van der Waals surface area contributed by atoms with E-state index >= 15 is 0 Å². The summed E-state index contributed by atoms with van der Waals surface area (Å²) in [5.41, 5.74) is 6.77. The molecule has 0 aliphatic carbocycles. The van der Waals surface area contributed by atoms with Crippen molar-refractivity contribution in [3.05, 3.63) is 119 Å². The molecule has 5 heteroatoms. The number of hydrogen-bond donors (Lipinski definition) is 0. The molecular weight excluding hydrogens is 458 g/mol. The normalized spacial score (nSPS) is 14.3.